The molecule has 0 saturated heterocycles. The highest BCUT2D eigenvalue weighted by Gasteiger charge is 2.05. The van der Waals surface area contributed by atoms with Crippen molar-refractivity contribution in [2.24, 2.45) is 5.92 Å². The van der Waals surface area contributed by atoms with E-state index in [-0.39, 0.29) is 6.10 Å². The third-order valence-electron chi connectivity index (χ3n) is 2.63. The highest BCUT2D eigenvalue weighted by Crippen LogP contribution is 2.13. The fourth-order valence-electron chi connectivity index (χ4n) is 1.82. The molecule has 0 radical (unpaired) electrons. The van der Waals surface area contributed by atoms with Crippen LogP contribution in [0.1, 0.15) is 72.1 Å². The van der Waals surface area contributed by atoms with E-state index < -0.39 is 0 Å². The smallest absolute Gasteiger partial charge is 0.0542 e. The molecule has 0 amide bonds. The standard InChI is InChI=1S/C13H28O/c1-4-5-6-7-8-9-10-13(14)11-12(2)3/h12-14H,4-11H2,1-3H3. The molecule has 0 aromatic rings. The van der Waals surface area contributed by atoms with Gasteiger partial charge in [0.2, 0.25) is 0 Å². The average molecular weight is 200 g/mol. The zero-order valence-electron chi connectivity index (χ0n) is 10.3. The van der Waals surface area contributed by atoms with Gasteiger partial charge in [0.15, 0.2) is 0 Å². The zero-order chi connectivity index (χ0) is 10.8. The second-order valence-corrected chi connectivity index (χ2v) is 4.84. The Bertz CT molecular complexity index is 110. The van der Waals surface area contributed by atoms with E-state index in [1.807, 2.05) is 0 Å². The molecule has 0 aliphatic heterocycles. The third-order valence-corrected chi connectivity index (χ3v) is 2.63. The van der Waals surface area contributed by atoms with Crippen LogP contribution < -0.4 is 0 Å². The lowest BCUT2D eigenvalue weighted by atomic mass is 10.0. The molecular formula is C13H28O. The molecule has 0 bridgehead atoms. The van der Waals surface area contributed by atoms with E-state index in [2.05, 4.69) is 20.8 Å². The van der Waals surface area contributed by atoms with Crippen LogP contribution in [0.4, 0.5) is 0 Å². The molecule has 1 heteroatoms. The van der Waals surface area contributed by atoms with Crippen molar-refractivity contribution in [1.82, 2.24) is 0 Å². The highest BCUT2D eigenvalue weighted by molar-refractivity contribution is 4.58. The molecule has 0 aromatic carbocycles. The molecule has 0 aromatic heterocycles. The minimum Gasteiger partial charge on any atom is -0.393 e. The van der Waals surface area contributed by atoms with Gasteiger partial charge in [0.1, 0.15) is 0 Å². The second-order valence-electron chi connectivity index (χ2n) is 4.84. The van der Waals surface area contributed by atoms with Gasteiger partial charge in [-0.05, 0) is 18.8 Å². The number of hydrogen-bond acceptors (Lipinski definition) is 1. The van der Waals surface area contributed by atoms with E-state index in [0.29, 0.717) is 5.92 Å². The monoisotopic (exact) mass is 200 g/mol. The van der Waals surface area contributed by atoms with Crippen molar-refractivity contribution in [3.8, 4) is 0 Å². The van der Waals surface area contributed by atoms with Crippen LogP contribution in [-0.4, -0.2) is 11.2 Å². The molecule has 1 N–H and O–H groups in total. The van der Waals surface area contributed by atoms with Crippen molar-refractivity contribution in [1.29, 1.82) is 0 Å². The molecule has 14 heavy (non-hydrogen) atoms. The van der Waals surface area contributed by atoms with E-state index in [1.54, 1.807) is 0 Å². The molecule has 0 spiro atoms. The Balaban J connectivity index is 3.10. The predicted octanol–water partition coefficient (Wildman–Crippen LogP) is 4.14. The van der Waals surface area contributed by atoms with Gasteiger partial charge in [0, 0.05) is 0 Å². The number of unbranched alkanes of at least 4 members (excludes halogenated alkanes) is 5. The van der Waals surface area contributed by atoms with Crippen LogP contribution in [-0.2, 0) is 0 Å². The van der Waals surface area contributed by atoms with Crippen LogP contribution in [0.2, 0.25) is 0 Å². The topological polar surface area (TPSA) is 20.2 Å². The normalized spacial score (nSPS) is 13.5. The Labute approximate surface area is 89.9 Å². The minimum atomic E-state index is -0.0545. The minimum absolute atomic E-state index is 0.0545. The highest BCUT2D eigenvalue weighted by atomic mass is 16.3. The summed E-state index contributed by atoms with van der Waals surface area (Å²) in [5, 5.41) is 9.62. The maximum absolute atomic E-state index is 9.62. The number of aliphatic hydroxyl groups excluding tert-OH is 1. The first-order valence-electron chi connectivity index (χ1n) is 6.34. The van der Waals surface area contributed by atoms with Gasteiger partial charge >= 0.3 is 0 Å². The summed E-state index contributed by atoms with van der Waals surface area (Å²) in [4.78, 5) is 0. The summed E-state index contributed by atoms with van der Waals surface area (Å²) >= 11 is 0. The molecule has 0 saturated carbocycles. The second kappa shape index (κ2) is 9.51. The third kappa shape index (κ3) is 10.0. The lowest BCUT2D eigenvalue weighted by Crippen LogP contribution is -2.09. The van der Waals surface area contributed by atoms with Gasteiger partial charge in [-0.25, -0.2) is 0 Å². The van der Waals surface area contributed by atoms with E-state index in [4.69, 9.17) is 0 Å². The van der Waals surface area contributed by atoms with Crippen LogP contribution in [0.25, 0.3) is 0 Å². The SMILES string of the molecule is CCCCCCCCC(O)CC(C)C. The molecule has 1 nitrogen and oxygen atoms in total. The Morgan fingerprint density at radius 3 is 2.07 bits per heavy atom. The number of hydrogen-bond donors (Lipinski definition) is 1. The van der Waals surface area contributed by atoms with Crippen molar-refractivity contribution in [3.63, 3.8) is 0 Å². The Morgan fingerprint density at radius 2 is 1.50 bits per heavy atom. The molecular weight excluding hydrogens is 172 g/mol. The van der Waals surface area contributed by atoms with Crippen LogP contribution >= 0.6 is 0 Å². The van der Waals surface area contributed by atoms with Gasteiger partial charge in [-0.1, -0.05) is 59.3 Å². The maximum Gasteiger partial charge on any atom is 0.0542 e. The zero-order valence-corrected chi connectivity index (χ0v) is 10.3. The van der Waals surface area contributed by atoms with Gasteiger partial charge < -0.3 is 5.11 Å². The van der Waals surface area contributed by atoms with E-state index in [0.717, 1.165) is 12.8 Å². The summed E-state index contributed by atoms with van der Waals surface area (Å²) in [6.07, 6.45) is 9.83. The first kappa shape index (κ1) is 14.0. The van der Waals surface area contributed by atoms with Crippen LogP contribution in [0.5, 0.6) is 0 Å². The largest absolute Gasteiger partial charge is 0.393 e. The molecule has 86 valence electrons. The summed E-state index contributed by atoms with van der Waals surface area (Å²) in [6.45, 7) is 6.58. The fraction of sp³-hybridized carbons (Fsp3) is 1.00. The van der Waals surface area contributed by atoms with E-state index in [9.17, 15) is 5.11 Å². The molecule has 0 fully saturated rings. The van der Waals surface area contributed by atoms with Gasteiger partial charge in [0.25, 0.3) is 0 Å². The summed E-state index contributed by atoms with van der Waals surface area (Å²) in [5.74, 6) is 0.630. The van der Waals surface area contributed by atoms with Crippen molar-refractivity contribution < 1.29 is 5.11 Å². The van der Waals surface area contributed by atoms with Gasteiger partial charge in [-0.3, -0.25) is 0 Å². The number of aliphatic hydroxyl groups is 1. The summed E-state index contributed by atoms with van der Waals surface area (Å²) in [5.41, 5.74) is 0. The summed E-state index contributed by atoms with van der Waals surface area (Å²) < 4.78 is 0. The molecule has 0 aliphatic carbocycles. The Kier molecular flexibility index (Phi) is 9.49. The lowest BCUT2D eigenvalue weighted by Gasteiger charge is -2.12. The maximum atomic E-state index is 9.62. The summed E-state index contributed by atoms with van der Waals surface area (Å²) in [7, 11) is 0. The van der Waals surface area contributed by atoms with Gasteiger partial charge in [-0.15, -0.1) is 0 Å². The molecule has 1 atom stereocenters. The van der Waals surface area contributed by atoms with Crippen molar-refractivity contribution in [3.05, 3.63) is 0 Å². The van der Waals surface area contributed by atoms with E-state index >= 15 is 0 Å². The van der Waals surface area contributed by atoms with Crippen LogP contribution in [0.3, 0.4) is 0 Å². The predicted molar refractivity (Wildman–Crippen MR) is 63.5 cm³/mol. The Morgan fingerprint density at radius 1 is 0.929 bits per heavy atom. The van der Waals surface area contributed by atoms with Crippen molar-refractivity contribution in [2.45, 2.75) is 78.2 Å². The molecule has 0 heterocycles. The summed E-state index contributed by atoms with van der Waals surface area (Å²) in [6, 6.07) is 0. The van der Waals surface area contributed by atoms with E-state index in [1.165, 1.54) is 38.5 Å². The number of rotatable bonds is 9. The first-order chi connectivity index (χ1) is 6.66. The van der Waals surface area contributed by atoms with Crippen molar-refractivity contribution >= 4 is 0 Å². The molecule has 0 rings (SSSR count). The molecule has 1 unspecified atom stereocenters. The first-order valence-corrected chi connectivity index (χ1v) is 6.34. The van der Waals surface area contributed by atoms with Crippen LogP contribution in [0.15, 0.2) is 0 Å². The molecule has 0 aliphatic rings. The fourth-order valence-corrected chi connectivity index (χ4v) is 1.82. The average Bonchev–Trinajstić information content (AvgIpc) is 2.10. The Hall–Kier alpha value is -0.0400. The van der Waals surface area contributed by atoms with Gasteiger partial charge in [0.05, 0.1) is 6.10 Å². The van der Waals surface area contributed by atoms with Gasteiger partial charge in [-0.2, -0.15) is 0 Å². The van der Waals surface area contributed by atoms with Crippen molar-refractivity contribution in [2.75, 3.05) is 0 Å². The van der Waals surface area contributed by atoms with Crippen LogP contribution in [0, 0.1) is 5.92 Å². The quantitative estimate of drug-likeness (QED) is 0.554. The lowest BCUT2D eigenvalue weighted by molar-refractivity contribution is 0.136.